The van der Waals surface area contributed by atoms with Crippen molar-refractivity contribution in [2.75, 3.05) is 26.7 Å². The molecule has 7 heteroatoms. The average Bonchev–Trinajstić information content (AvgIpc) is 3.06. The first-order valence-corrected chi connectivity index (χ1v) is 9.15. The normalized spacial score (nSPS) is 15.6. The number of aromatic nitrogens is 3. The average molecular weight is 345 g/mol. The molecule has 1 aliphatic carbocycles. The van der Waals surface area contributed by atoms with Gasteiger partial charge in [-0.1, -0.05) is 19.3 Å². The standard InChI is InChI=1S/C18H27N5O2/c1-3-25-17-10-9-16-20-15(13-23(16)21-17)18(24)19-11-12-22(2)14-7-5-4-6-8-14/h9-10,13-14H,3-8,11-12H2,1-2H3,(H,19,24). The van der Waals surface area contributed by atoms with Crippen LogP contribution in [0.25, 0.3) is 5.65 Å². The van der Waals surface area contributed by atoms with Gasteiger partial charge >= 0.3 is 0 Å². The maximum absolute atomic E-state index is 12.3. The molecule has 1 N–H and O–H groups in total. The zero-order chi connectivity index (χ0) is 17.6. The molecular weight excluding hydrogens is 318 g/mol. The van der Waals surface area contributed by atoms with E-state index in [0.29, 0.717) is 36.4 Å². The first kappa shape index (κ1) is 17.7. The number of fused-ring (bicyclic) bond motifs is 1. The molecule has 1 fully saturated rings. The molecule has 136 valence electrons. The number of nitrogens with zero attached hydrogens (tertiary/aromatic N) is 4. The van der Waals surface area contributed by atoms with Crippen LogP contribution in [0, 0.1) is 0 Å². The molecule has 3 rings (SSSR count). The lowest BCUT2D eigenvalue weighted by Crippen LogP contribution is -2.39. The Labute approximate surface area is 148 Å². The topological polar surface area (TPSA) is 71.8 Å². The minimum absolute atomic E-state index is 0.166. The maximum Gasteiger partial charge on any atom is 0.271 e. The molecule has 0 bridgehead atoms. The highest BCUT2D eigenvalue weighted by Gasteiger charge is 2.18. The summed E-state index contributed by atoms with van der Waals surface area (Å²) in [6.45, 7) is 3.94. The molecule has 7 nitrogen and oxygen atoms in total. The number of likely N-dealkylation sites (N-methyl/N-ethyl adjacent to an activating group) is 1. The summed E-state index contributed by atoms with van der Waals surface area (Å²) >= 11 is 0. The van der Waals surface area contributed by atoms with E-state index in [9.17, 15) is 4.79 Å². The largest absolute Gasteiger partial charge is 0.477 e. The SMILES string of the molecule is CCOc1ccc2nc(C(=O)NCCN(C)C3CCCCC3)cn2n1. The van der Waals surface area contributed by atoms with Crippen molar-refractivity contribution in [3.8, 4) is 5.88 Å². The molecule has 1 aliphatic rings. The van der Waals surface area contributed by atoms with Crippen LogP contribution in [0.1, 0.15) is 49.5 Å². The predicted molar refractivity (Wildman–Crippen MR) is 96.0 cm³/mol. The minimum Gasteiger partial charge on any atom is -0.477 e. The van der Waals surface area contributed by atoms with Gasteiger partial charge in [-0.05, 0) is 32.9 Å². The third kappa shape index (κ3) is 4.48. The predicted octanol–water partition coefficient (Wildman–Crippen LogP) is 2.12. The Morgan fingerprint density at radius 1 is 1.36 bits per heavy atom. The fourth-order valence-corrected chi connectivity index (χ4v) is 3.34. The number of imidazole rings is 1. The van der Waals surface area contributed by atoms with Crippen LogP contribution in [0.3, 0.4) is 0 Å². The van der Waals surface area contributed by atoms with Gasteiger partial charge in [0.2, 0.25) is 5.88 Å². The number of amides is 1. The van der Waals surface area contributed by atoms with Crippen LogP contribution in [0.15, 0.2) is 18.3 Å². The van der Waals surface area contributed by atoms with Crippen LogP contribution >= 0.6 is 0 Å². The molecule has 1 amide bonds. The van der Waals surface area contributed by atoms with Crippen molar-refractivity contribution in [3.63, 3.8) is 0 Å². The fourth-order valence-electron chi connectivity index (χ4n) is 3.34. The third-order valence-electron chi connectivity index (χ3n) is 4.77. The van der Waals surface area contributed by atoms with Crippen LogP contribution in [0.5, 0.6) is 5.88 Å². The highest BCUT2D eigenvalue weighted by Crippen LogP contribution is 2.21. The summed E-state index contributed by atoms with van der Waals surface area (Å²) in [4.78, 5) is 19.0. The number of rotatable bonds is 7. The number of carbonyl (C=O) groups excluding carboxylic acids is 1. The highest BCUT2D eigenvalue weighted by molar-refractivity contribution is 5.92. The lowest BCUT2D eigenvalue weighted by atomic mass is 9.94. The van der Waals surface area contributed by atoms with E-state index in [0.717, 1.165) is 6.54 Å². The molecule has 2 aromatic heterocycles. The second kappa shape index (κ2) is 8.29. The van der Waals surface area contributed by atoms with Crippen LogP contribution in [0.2, 0.25) is 0 Å². The molecule has 25 heavy (non-hydrogen) atoms. The molecule has 0 unspecified atom stereocenters. The van der Waals surface area contributed by atoms with Crippen LogP contribution in [-0.2, 0) is 0 Å². The van der Waals surface area contributed by atoms with E-state index in [1.807, 2.05) is 6.92 Å². The highest BCUT2D eigenvalue weighted by atomic mass is 16.5. The quantitative estimate of drug-likeness (QED) is 0.832. The smallest absolute Gasteiger partial charge is 0.271 e. The van der Waals surface area contributed by atoms with E-state index in [-0.39, 0.29) is 5.91 Å². The molecule has 0 spiro atoms. The van der Waals surface area contributed by atoms with Crippen molar-refractivity contribution in [3.05, 3.63) is 24.0 Å². The third-order valence-corrected chi connectivity index (χ3v) is 4.77. The monoisotopic (exact) mass is 345 g/mol. The molecule has 0 atom stereocenters. The fraction of sp³-hybridized carbons (Fsp3) is 0.611. The van der Waals surface area contributed by atoms with E-state index in [2.05, 4.69) is 27.3 Å². The van der Waals surface area contributed by atoms with E-state index >= 15 is 0 Å². The van der Waals surface area contributed by atoms with Crippen molar-refractivity contribution in [1.82, 2.24) is 24.8 Å². The molecule has 0 radical (unpaired) electrons. The van der Waals surface area contributed by atoms with Gasteiger partial charge < -0.3 is 15.0 Å². The molecular formula is C18H27N5O2. The Balaban J connectivity index is 1.53. The first-order valence-electron chi connectivity index (χ1n) is 9.15. The van der Waals surface area contributed by atoms with Crippen molar-refractivity contribution < 1.29 is 9.53 Å². The number of hydrogen-bond donors (Lipinski definition) is 1. The van der Waals surface area contributed by atoms with Gasteiger partial charge in [0.25, 0.3) is 5.91 Å². The van der Waals surface area contributed by atoms with E-state index in [1.54, 1.807) is 22.8 Å². The van der Waals surface area contributed by atoms with Gasteiger partial charge in [0.15, 0.2) is 5.65 Å². The number of carbonyl (C=O) groups is 1. The molecule has 1 saturated carbocycles. The van der Waals surface area contributed by atoms with Crippen LogP contribution in [0.4, 0.5) is 0 Å². The first-order chi connectivity index (χ1) is 12.2. The number of ether oxygens (including phenoxy) is 1. The number of nitrogens with one attached hydrogen (secondary N) is 1. The second-order valence-corrected chi connectivity index (χ2v) is 6.56. The van der Waals surface area contributed by atoms with Gasteiger partial charge in [0, 0.05) is 25.2 Å². The van der Waals surface area contributed by atoms with Crippen molar-refractivity contribution in [2.45, 2.75) is 45.1 Å². The summed E-state index contributed by atoms with van der Waals surface area (Å²) in [6, 6.07) is 4.21. The van der Waals surface area contributed by atoms with Crippen LogP contribution in [-0.4, -0.2) is 58.2 Å². The second-order valence-electron chi connectivity index (χ2n) is 6.56. The minimum atomic E-state index is -0.166. The van der Waals surface area contributed by atoms with E-state index < -0.39 is 0 Å². The lowest BCUT2D eigenvalue weighted by molar-refractivity contribution is 0.0940. The molecule has 2 aromatic rings. The maximum atomic E-state index is 12.3. The molecule has 2 heterocycles. The Morgan fingerprint density at radius 3 is 2.92 bits per heavy atom. The summed E-state index contributed by atoms with van der Waals surface area (Å²) in [5, 5.41) is 7.24. The van der Waals surface area contributed by atoms with Gasteiger partial charge in [-0.2, -0.15) is 0 Å². The van der Waals surface area contributed by atoms with Gasteiger partial charge in [-0.3, -0.25) is 4.79 Å². The van der Waals surface area contributed by atoms with Gasteiger partial charge in [0.1, 0.15) is 5.69 Å². The summed E-state index contributed by atoms with van der Waals surface area (Å²) in [5.74, 6) is 0.356. The van der Waals surface area contributed by atoms with Crippen molar-refractivity contribution in [2.24, 2.45) is 0 Å². The van der Waals surface area contributed by atoms with E-state index in [4.69, 9.17) is 4.74 Å². The lowest BCUT2D eigenvalue weighted by Gasteiger charge is -2.31. The molecule has 0 aromatic carbocycles. The zero-order valence-electron chi connectivity index (χ0n) is 15.1. The zero-order valence-corrected chi connectivity index (χ0v) is 15.1. The molecule has 0 saturated heterocycles. The van der Waals surface area contributed by atoms with Crippen molar-refractivity contribution in [1.29, 1.82) is 0 Å². The Hall–Kier alpha value is -2.15. The van der Waals surface area contributed by atoms with E-state index in [1.165, 1.54) is 32.1 Å². The summed E-state index contributed by atoms with van der Waals surface area (Å²) in [7, 11) is 2.15. The van der Waals surface area contributed by atoms with Crippen LogP contribution < -0.4 is 10.1 Å². The van der Waals surface area contributed by atoms with Gasteiger partial charge in [-0.15, -0.1) is 5.10 Å². The summed E-state index contributed by atoms with van der Waals surface area (Å²) < 4.78 is 6.94. The van der Waals surface area contributed by atoms with Gasteiger partial charge in [-0.25, -0.2) is 9.50 Å². The summed E-state index contributed by atoms with van der Waals surface area (Å²) in [5.41, 5.74) is 1.01. The Bertz CT molecular complexity index is 709. The van der Waals surface area contributed by atoms with Crippen molar-refractivity contribution >= 4 is 11.6 Å². The molecule has 0 aliphatic heterocycles. The Morgan fingerprint density at radius 2 is 2.16 bits per heavy atom. The Kier molecular flexibility index (Phi) is 5.86. The summed E-state index contributed by atoms with van der Waals surface area (Å²) in [6.07, 6.45) is 8.17. The van der Waals surface area contributed by atoms with Gasteiger partial charge in [0.05, 0.1) is 12.8 Å². The number of hydrogen-bond acceptors (Lipinski definition) is 5.